The van der Waals surface area contributed by atoms with Crippen molar-refractivity contribution < 1.29 is 4.79 Å². The molecule has 4 rings (SSSR count). The summed E-state index contributed by atoms with van der Waals surface area (Å²) < 4.78 is 3.78. The van der Waals surface area contributed by atoms with E-state index in [9.17, 15) is 4.79 Å². The molecule has 1 aromatic carbocycles. The number of imidazole rings is 1. The molecule has 1 aliphatic rings. The molecule has 6 nitrogen and oxygen atoms in total. The second-order valence-electron chi connectivity index (χ2n) is 5.65. The smallest absolute Gasteiger partial charge is 0.245 e. The number of hydrogen-bond acceptors (Lipinski definition) is 3. The first-order chi connectivity index (χ1) is 11.3. The monoisotopic (exact) mass is 307 g/mol. The van der Waals surface area contributed by atoms with Gasteiger partial charge < -0.3 is 9.47 Å². The molecule has 0 radical (unpaired) electrons. The molecule has 0 spiro atoms. The van der Waals surface area contributed by atoms with Crippen LogP contribution < -0.4 is 0 Å². The first-order valence-corrected chi connectivity index (χ1v) is 7.63. The summed E-state index contributed by atoms with van der Waals surface area (Å²) in [6.07, 6.45) is 7.25. The van der Waals surface area contributed by atoms with Crippen LogP contribution in [0.25, 0.3) is 0 Å². The predicted molar refractivity (Wildman–Crippen MR) is 84.2 cm³/mol. The maximum Gasteiger partial charge on any atom is 0.245 e. The van der Waals surface area contributed by atoms with E-state index >= 15 is 0 Å². The summed E-state index contributed by atoms with van der Waals surface area (Å²) in [5, 5.41) is 4.13. The molecule has 23 heavy (non-hydrogen) atoms. The van der Waals surface area contributed by atoms with E-state index in [1.54, 1.807) is 23.3 Å². The number of fused-ring (bicyclic) bond motifs is 1. The van der Waals surface area contributed by atoms with Crippen LogP contribution in [0, 0.1) is 0 Å². The number of nitrogens with zero attached hydrogens (tertiary/aromatic N) is 5. The average molecular weight is 307 g/mol. The number of aromatic nitrogens is 4. The van der Waals surface area contributed by atoms with Gasteiger partial charge in [-0.25, -0.2) is 4.98 Å². The third-order valence-corrected chi connectivity index (χ3v) is 4.22. The van der Waals surface area contributed by atoms with Crippen LogP contribution in [0.3, 0.4) is 0 Å². The van der Waals surface area contributed by atoms with Gasteiger partial charge in [0, 0.05) is 31.3 Å². The van der Waals surface area contributed by atoms with Crippen LogP contribution in [0.15, 0.2) is 61.2 Å². The van der Waals surface area contributed by atoms with Crippen LogP contribution >= 0.6 is 0 Å². The molecule has 0 N–H and O–H groups in total. The van der Waals surface area contributed by atoms with Crippen LogP contribution in [0.5, 0.6) is 0 Å². The molecule has 1 amide bonds. The van der Waals surface area contributed by atoms with Gasteiger partial charge >= 0.3 is 0 Å². The zero-order valence-electron chi connectivity index (χ0n) is 12.6. The van der Waals surface area contributed by atoms with Crippen molar-refractivity contribution in [1.29, 1.82) is 0 Å². The van der Waals surface area contributed by atoms with Crippen molar-refractivity contribution in [2.75, 3.05) is 0 Å². The zero-order valence-corrected chi connectivity index (χ0v) is 12.6. The molecule has 3 heterocycles. The molecule has 2 aromatic heterocycles. The lowest BCUT2D eigenvalue weighted by atomic mass is 10.0. The van der Waals surface area contributed by atoms with Gasteiger partial charge in [0.25, 0.3) is 0 Å². The molecule has 0 aliphatic carbocycles. The van der Waals surface area contributed by atoms with Crippen molar-refractivity contribution in [1.82, 2.24) is 24.2 Å². The van der Waals surface area contributed by atoms with E-state index in [2.05, 4.69) is 26.8 Å². The van der Waals surface area contributed by atoms with E-state index in [-0.39, 0.29) is 18.5 Å². The van der Waals surface area contributed by atoms with E-state index in [4.69, 9.17) is 0 Å². The first-order valence-electron chi connectivity index (χ1n) is 7.63. The van der Waals surface area contributed by atoms with E-state index in [0.29, 0.717) is 6.54 Å². The molecule has 116 valence electrons. The lowest BCUT2D eigenvalue weighted by molar-refractivity contribution is -0.136. The van der Waals surface area contributed by atoms with Gasteiger partial charge in [0.05, 0.1) is 12.6 Å². The predicted octanol–water partition coefficient (Wildman–Crippen LogP) is 1.86. The minimum Gasteiger partial charge on any atom is -0.331 e. The Morgan fingerprint density at radius 3 is 2.78 bits per heavy atom. The van der Waals surface area contributed by atoms with Gasteiger partial charge in [-0.2, -0.15) is 5.10 Å². The molecular weight excluding hydrogens is 290 g/mol. The van der Waals surface area contributed by atoms with Crippen molar-refractivity contribution in [2.24, 2.45) is 0 Å². The SMILES string of the molecule is O=C(Cn1cccn1)N1Cc2nccn2C[C@@H]1c1ccccc1. The number of carbonyl (C=O) groups excluding carboxylic acids is 1. The summed E-state index contributed by atoms with van der Waals surface area (Å²) in [6.45, 7) is 1.49. The van der Waals surface area contributed by atoms with Gasteiger partial charge in [0.1, 0.15) is 12.4 Å². The molecule has 0 saturated carbocycles. The molecule has 6 heteroatoms. The molecule has 3 aromatic rings. The third-order valence-electron chi connectivity index (χ3n) is 4.22. The zero-order chi connectivity index (χ0) is 15.6. The Labute approximate surface area is 134 Å². The number of carbonyl (C=O) groups is 1. The van der Waals surface area contributed by atoms with Crippen LogP contribution in [-0.2, 0) is 24.4 Å². The second-order valence-corrected chi connectivity index (χ2v) is 5.65. The normalized spacial score (nSPS) is 17.0. The van der Waals surface area contributed by atoms with Crippen molar-refractivity contribution in [3.05, 3.63) is 72.6 Å². The second kappa shape index (κ2) is 5.72. The van der Waals surface area contributed by atoms with E-state index in [0.717, 1.165) is 17.9 Å². The van der Waals surface area contributed by atoms with Gasteiger partial charge in [0.2, 0.25) is 5.91 Å². The van der Waals surface area contributed by atoms with E-state index in [1.165, 1.54) is 0 Å². The highest BCUT2D eigenvalue weighted by Crippen LogP contribution is 2.29. The number of amides is 1. The lowest BCUT2D eigenvalue weighted by Crippen LogP contribution is -2.42. The Hall–Kier alpha value is -2.89. The van der Waals surface area contributed by atoms with Crippen LogP contribution in [0.1, 0.15) is 17.4 Å². The highest BCUT2D eigenvalue weighted by atomic mass is 16.2. The molecule has 0 bridgehead atoms. The number of rotatable bonds is 3. The number of hydrogen-bond donors (Lipinski definition) is 0. The Morgan fingerprint density at radius 2 is 2.00 bits per heavy atom. The summed E-state index contributed by atoms with van der Waals surface area (Å²) in [7, 11) is 0. The summed E-state index contributed by atoms with van der Waals surface area (Å²) >= 11 is 0. The summed E-state index contributed by atoms with van der Waals surface area (Å²) in [5.74, 6) is 0.975. The van der Waals surface area contributed by atoms with Gasteiger partial charge in [-0.15, -0.1) is 0 Å². The molecular formula is C17H17N5O. The van der Waals surface area contributed by atoms with Crippen molar-refractivity contribution >= 4 is 5.91 Å². The van der Waals surface area contributed by atoms with Crippen LogP contribution in [-0.4, -0.2) is 30.1 Å². The van der Waals surface area contributed by atoms with Gasteiger partial charge in [0.15, 0.2) is 0 Å². The summed E-state index contributed by atoms with van der Waals surface area (Å²) in [4.78, 5) is 19.1. The van der Waals surface area contributed by atoms with Crippen molar-refractivity contribution in [3.63, 3.8) is 0 Å². The molecule has 0 unspecified atom stereocenters. The highest BCUT2D eigenvalue weighted by molar-refractivity contribution is 5.76. The van der Waals surface area contributed by atoms with Crippen molar-refractivity contribution in [2.45, 2.75) is 25.7 Å². The maximum absolute atomic E-state index is 12.8. The van der Waals surface area contributed by atoms with Gasteiger partial charge in [-0.05, 0) is 11.6 Å². The van der Waals surface area contributed by atoms with Crippen molar-refractivity contribution in [3.8, 4) is 0 Å². The first kappa shape index (κ1) is 13.8. The quantitative estimate of drug-likeness (QED) is 0.742. The third kappa shape index (κ3) is 2.63. The fourth-order valence-electron chi connectivity index (χ4n) is 3.05. The number of benzene rings is 1. The van der Waals surface area contributed by atoms with E-state index in [1.807, 2.05) is 35.4 Å². The highest BCUT2D eigenvalue weighted by Gasteiger charge is 2.31. The van der Waals surface area contributed by atoms with E-state index < -0.39 is 0 Å². The standard InChI is InChI=1S/C17H17N5O/c23-17(13-21-9-4-7-19-21)22-12-16-18-8-10-20(16)11-15(22)14-5-2-1-3-6-14/h1-10,15H,11-13H2/t15-/m1/s1. The lowest BCUT2D eigenvalue weighted by Gasteiger charge is -2.36. The van der Waals surface area contributed by atoms with Crippen LogP contribution in [0.4, 0.5) is 0 Å². The average Bonchev–Trinajstić information content (AvgIpc) is 3.25. The fourth-order valence-corrected chi connectivity index (χ4v) is 3.05. The fraction of sp³-hybridized carbons (Fsp3) is 0.235. The minimum absolute atomic E-state index is 0.0148. The molecule has 0 fully saturated rings. The van der Waals surface area contributed by atoms with Gasteiger partial charge in [-0.3, -0.25) is 9.48 Å². The Bertz CT molecular complexity index is 794. The maximum atomic E-state index is 12.8. The largest absolute Gasteiger partial charge is 0.331 e. The Balaban J connectivity index is 1.65. The van der Waals surface area contributed by atoms with Crippen LogP contribution in [0.2, 0.25) is 0 Å². The summed E-state index contributed by atoms with van der Waals surface area (Å²) in [5.41, 5.74) is 1.14. The van der Waals surface area contributed by atoms with Gasteiger partial charge in [-0.1, -0.05) is 30.3 Å². The topological polar surface area (TPSA) is 56.0 Å². The summed E-state index contributed by atoms with van der Waals surface area (Å²) in [6, 6.07) is 12.0. The molecule has 0 saturated heterocycles. The Morgan fingerprint density at radius 1 is 1.13 bits per heavy atom. The Kier molecular flexibility index (Phi) is 3.42. The molecule has 1 atom stereocenters. The minimum atomic E-state index is 0.0148. The molecule has 1 aliphatic heterocycles.